The quantitative estimate of drug-likeness (QED) is 0.694. The van der Waals surface area contributed by atoms with Gasteiger partial charge in [-0.1, -0.05) is 46.4 Å². The first kappa shape index (κ1) is 13.9. The van der Waals surface area contributed by atoms with E-state index in [4.69, 9.17) is 11.6 Å². The molecule has 0 unspecified atom stereocenters. The molecule has 0 saturated heterocycles. The molecule has 0 N–H and O–H groups in total. The van der Waals surface area contributed by atoms with Crippen molar-refractivity contribution in [3.8, 4) is 16.4 Å². The van der Waals surface area contributed by atoms with E-state index in [1.807, 2.05) is 32.0 Å². The lowest BCUT2D eigenvalue weighted by Gasteiger charge is -2.05. The van der Waals surface area contributed by atoms with E-state index in [2.05, 4.69) is 15.3 Å². The van der Waals surface area contributed by atoms with Crippen LogP contribution in [0.2, 0.25) is 5.02 Å². The number of carbonyl (C=O) groups excluding carboxylic acids is 1. The van der Waals surface area contributed by atoms with E-state index in [1.54, 1.807) is 10.7 Å². The molecule has 0 radical (unpaired) electrons. The van der Waals surface area contributed by atoms with Crippen molar-refractivity contribution in [3.63, 3.8) is 0 Å². The highest BCUT2D eigenvalue weighted by atomic mass is 35.5. The maximum atomic E-state index is 11.3. The Morgan fingerprint density at radius 1 is 1.29 bits per heavy atom. The van der Waals surface area contributed by atoms with E-state index in [0.29, 0.717) is 27.7 Å². The highest BCUT2D eigenvalue weighted by molar-refractivity contribution is 7.14. The zero-order valence-electron chi connectivity index (χ0n) is 11.4. The molecule has 0 aliphatic heterocycles. The van der Waals surface area contributed by atoms with Gasteiger partial charge in [0, 0.05) is 10.4 Å². The van der Waals surface area contributed by atoms with Crippen molar-refractivity contribution in [2.75, 3.05) is 0 Å². The average Bonchev–Trinajstić information content (AvgIpc) is 3.03. The third-order valence-corrected chi connectivity index (χ3v) is 4.51. The molecule has 106 valence electrons. The van der Waals surface area contributed by atoms with Crippen molar-refractivity contribution in [2.24, 2.45) is 0 Å². The number of hydrogen-bond donors (Lipinski definition) is 0. The highest BCUT2D eigenvalue weighted by Crippen LogP contribution is 2.32. The predicted molar refractivity (Wildman–Crippen MR) is 82.3 cm³/mol. The summed E-state index contributed by atoms with van der Waals surface area (Å²) in [5, 5.41) is 9.18. The largest absolute Gasteiger partial charge is 0.296 e. The van der Waals surface area contributed by atoms with Gasteiger partial charge in [0.1, 0.15) is 5.69 Å². The second-order valence-electron chi connectivity index (χ2n) is 4.47. The van der Waals surface area contributed by atoms with Crippen LogP contribution < -0.4 is 0 Å². The predicted octanol–water partition coefficient (Wildman–Crippen LogP) is 3.47. The van der Waals surface area contributed by atoms with Crippen LogP contribution in [-0.4, -0.2) is 26.3 Å². The number of aldehydes is 1. The molecule has 0 saturated carbocycles. The van der Waals surface area contributed by atoms with Crippen molar-refractivity contribution in [1.82, 2.24) is 20.0 Å². The number of aryl methyl sites for hydroxylation is 2. The molecule has 21 heavy (non-hydrogen) atoms. The van der Waals surface area contributed by atoms with Crippen molar-refractivity contribution in [2.45, 2.75) is 13.8 Å². The molecule has 7 heteroatoms. The van der Waals surface area contributed by atoms with Gasteiger partial charge in [-0.15, -0.1) is 5.10 Å². The van der Waals surface area contributed by atoms with Crippen LogP contribution in [0.15, 0.2) is 24.3 Å². The summed E-state index contributed by atoms with van der Waals surface area (Å²) in [5.41, 5.74) is 2.44. The Morgan fingerprint density at radius 2 is 2.05 bits per heavy atom. The van der Waals surface area contributed by atoms with Crippen molar-refractivity contribution in [3.05, 3.63) is 45.6 Å². The second-order valence-corrected chi connectivity index (χ2v) is 6.06. The number of benzene rings is 1. The van der Waals surface area contributed by atoms with Crippen molar-refractivity contribution < 1.29 is 4.79 Å². The van der Waals surface area contributed by atoms with Crippen LogP contribution in [0.5, 0.6) is 0 Å². The molecule has 0 fully saturated rings. The molecular weight excluding hydrogens is 308 g/mol. The van der Waals surface area contributed by atoms with Crippen LogP contribution >= 0.6 is 22.9 Å². The average molecular weight is 319 g/mol. The molecule has 0 aliphatic rings. The fraction of sp³-hybridized carbons (Fsp3) is 0.143. The van der Waals surface area contributed by atoms with E-state index in [-0.39, 0.29) is 5.69 Å². The van der Waals surface area contributed by atoms with Crippen molar-refractivity contribution >= 4 is 29.2 Å². The summed E-state index contributed by atoms with van der Waals surface area (Å²) in [5.74, 6) is 0. The first-order chi connectivity index (χ1) is 10.1. The minimum Gasteiger partial charge on any atom is -0.296 e. The first-order valence-electron chi connectivity index (χ1n) is 6.22. The maximum absolute atomic E-state index is 11.3. The van der Waals surface area contributed by atoms with E-state index in [1.165, 1.54) is 11.3 Å². The summed E-state index contributed by atoms with van der Waals surface area (Å²) in [6.45, 7) is 3.92. The van der Waals surface area contributed by atoms with Crippen LogP contribution in [0.3, 0.4) is 0 Å². The Morgan fingerprint density at radius 3 is 2.67 bits per heavy atom. The van der Waals surface area contributed by atoms with Gasteiger partial charge in [-0.3, -0.25) is 4.79 Å². The summed E-state index contributed by atoms with van der Waals surface area (Å²) < 4.78 is 1.57. The van der Waals surface area contributed by atoms with Crippen LogP contribution in [0.25, 0.3) is 16.4 Å². The monoisotopic (exact) mass is 318 g/mol. The summed E-state index contributed by atoms with van der Waals surface area (Å²) in [4.78, 5) is 16.8. The Labute approximate surface area is 130 Å². The number of rotatable bonds is 3. The van der Waals surface area contributed by atoms with Gasteiger partial charge in [0.05, 0.1) is 10.7 Å². The molecule has 3 rings (SSSR count). The molecule has 0 atom stereocenters. The van der Waals surface area contributed by atoms with E-state index in [0.717, 1.165) is 10.6 Å². The lowest BCUT2D eigenvalue weighted by molar-refractivity contribution is 0.111. The van der Waals surface area contributed by atoms with Gasteiger partial charge >= 0.3 is 0 Å². The van der Waals surface area contributed by atoms with E-state index in [9.17, 15) is 4.79 Å². The lowest BCUT2D eigenvalue weighted by atomic mass is 10.1. The zero-order chi connectivity index (χ0) is 15.0. The standard InChI is InChI=1S/C14H11ClN4OS/c1-8-9(2)21-14(16-8)19-13(12(7-20)17-18-19)10-5-3-4-6-11(10)15/h3-7H,1-2H3. The van der Waals surface area contributed by atoms with E-state index >= 15 is 0 Å². The van der Waals surface area contributed by atoms with Crippen LogP contribution in [0, 0.1) is 13.8 Å². The summed E-state index contributed by atoms with van der Waals surface area (Å²) in [6.07, 6.45) is 0.676. The molecule has 1 aromatic carbocycles. The minimum absolute atomic E-state index is 0.244. The number of thiazole rings is 1. The lowest BCUT2D eigenvalue weighted by Crippen LogP contribution is -2.00. The van der Waals surface area contributed by atoms with Gasteiger partial charge < -0.3 is 0 Å². The molecular formula is C14H11ClN4OS. The normalized spacial score (nSPS) is 10.8. The third kappa shape index (κ3) is 2.36. The second kappa shape index (κ2) is 5.38. The minimum atomic E-state index is 0.244. The van der Waals surface area contributed by atoms with Gasteiger partial charge in [-0.05, 0) is 19.9 Å². The highest BCUT2D eigenvalue weighted by Gasteiger charge is 2.20. The third-order valence-electron chi connectivity index (χ3n) is 3.14. The molecule has 0 amide bonds. The van der Waals surface area contributed by atoms with Crippen molar-refractivity contribution in [1.29, 1.82) is 0 Å². The molecule has 5 nitrogen and oxygen atoms in total. The Bertz CT molecular complexity index is 805. The molecule has 2 heterocycles. The van der Waals surface area contributed by atoms with Crippen LogP contribution in [0.4, 0.5) is 0 Å². The van der Waals surface area contributed by atoms with Gasteiger partial charge in [-0.2, -0.15) is 4.68 Å². The van der Waals surface area contributed by atoms with Gasteiger partial charge in [0.15, 0.2) is 12.0 Å². The topological polar surface area (TPSA) is 60.7 Å². The Hall–Kier alpha value is -2.05. The summed E-state index contributed by atoms with van der Waals surface area (Å²) >= 11 is 7.74. The number of halogens is 1. The Kier molecular flexibility index (Phi) is 3.57. The number of nitrogens with zero attached hydrogens (tertiary/aromatic N) is 4. The molecule has 0 spiro atoms. The zero-order valence-corrected chi connectivity index (χ0v) is 12.9. The number of carbonyl (C=O) groups is 1. The maximum Gasteiger partial charge on any atom is 0.212 e. The smallest absolute Gasteiger partial charge is 0.212 e. The molecule has 0 aliphatic carbocycles. The number of hydrogen-bond acceptors (Lipinski definition) is 5. The molecule has 0 bridgehead atoms. The molecule has 2 aromatic heterocycles. The summed E-state index contributed by atoms with van der Waals surface area (Å²) in [7, 11) is 0. The summed E-state index contributed by atoms with van der Waals surface area (Å²) in [6, 6.07) is 7.28. The van der Waals surface area contributed by atoms with Crippen LogP contribution in [0.1, 0.15) is 21.1 Å². The fourth-order valence-corrected chi connectivity index (χ4v) is 3.05. The Balaban J connectivity index is 2.26. The fourth-order valence-electron chi connectivity index (χ4n) is 1.96. The van der Waals surface area contributed by atoms with Crippen LogP contribution in [-0.2, 0) is 0 Å². The van der Waals surface area contributed by atoms with Gasteiger partial charge in [-0.25, -0.2) is 4.98 Å². The van der Waals surface area contributed by atoms with Gasteiger partial charge in [0.25, 0.3) is 0 Å². The number of aromatic nitrogens is 4. The molecule has 3 aromatic rings. The van der Waals surface area contributed by atoms with Gasteiger partial charge in [0.2, 0.25) is 5.13 Å². The first-order valence-corrected chi connectivity index (χ1v) is 7.41. The SMILES string of the molecule is Cc1nc(-n2nnc(C=O)c2-c2ccccc2Cl)sc1C. The van der Waals surface area contributed by atoms with E-state index < -0.39 is 0 Å².